The molecule has 18 heavy (non-hydrogen) atoms. The highest BCUT2D eigenvalue weighted by atomic mass is 32.1. The van der Waals surface area contributed by atoms with Crippen molar-refractivity contribution in [2.75, 3.05) is 24.6 Å². The summed E-state index contributed by atoms with van der Waals surface area (Å²) >= 11 is 1.46. The second-order valence-electron chi connectivity index (χ2n) is 4.17. The lowest BCUT2D eigenvalue weighted by atomic mass is 10.2. The molecule has 1 atom stereocenters. The van der Waals surface area contributed by atoms with Gasteiger partial charge < -0.3 is 14.1 Å². The van der Waals surface area contributed by atoms with Crippen molar-refractivity contribution in [3.63, 3.8) is 0 Å². The maximum absolute atomic E-state index is 5.73. The summed E-state index contributed by atoms with van der Waals surface area (Å²) in [6, 6.07) is 3.84. The Morgan fingerprint density at radius 2 is 2.50 bits per heavy atom. The topological polar surface area (TPSA) is 51.4 Å². The number of aromatic nitrogens is 2. The number of morpholine rings is 1. The van der Waals surface area contributed by atoms with Gasteiger partial charge >= 0.3 is 0 Å². The lowest BCUT2D eigenvalue weighted by Crippen LogP contribution is -2.38. The molecule has 0 aliphatic carbocycles. The average molecular weight is 265 g/mol. The lowest BCUT2D eigenvalue weighted by Gasteiger charge is -2.31. The molecule has 1 unspecified atom stereocenters. The molecule has 1 aliphatic heterocycles. The van der Waals surface area contributed by atoms with Gasteiger partial charge in [0.25, 0.3) is 0 Å². The van der Waals surface area contributed by atoms with Crippen LogP contribution in [0.5, 0.6) is 0 Å². The maximum Gasteiger partial charge on any atom is 0.205 e. The van der Waals surface area contributed by atoms with Gasteiger partial charge in [0.2, 0.25) is 5.13 Å². The minimum Gasteiger partial charge on any atom is -0.467 e. The number of furan rings is 1. The van der Waals surface area contributed by atoms with Crippen LogP contribution in [0.1, 0.15) is 24.6 Å². The second kappa shape index (κ2) is 5.07. The molecule has 0 amide bonds. The summed E-state index contributed by atoms with van der Waals surface area (Å²) in [4.78, 5) is 6.73. The van der Waals surface area contributed by atoms with Crippen molar-refractivity contribution in [2.24, 2.45) is 0 Å². The molecular formula is C12H15N3O2S. The predicted octanol–water partition coefficient (Wildman–Crippen LogP) is 2.27. The molecule has 0 saturated carbocycles. The fourth-order valence-electron chi connectivity index (χ4n) is 1.99. The second-order valence-corrected chi connectivity index (χ2v) is 4.90. The third-order valence-corrected chi connectivity index (χ3v) is 3.79. The van der Waals surface area contributed by atoms with Crippen LogP contribution in [0.15, 0.2) is 22.8 Å². The first kappa shape index (κ1) is 11.7. The number of rotatable bonds is 3. The Bertz CT molecular complexity index is 497. The van der Waals surface area contributed by atoms with Gasteiger partial charge in [0, 0.05) is 24.5 Å². The highest BCUT2D eigenvalue weighted by molar-refractivity contribution is 7.09. The third-order valence-electron chi connectivity index (χ3n) is 2.97. The van der Waals surface area contributed by atoms with Crippen LogP contribution in [0.2, 0.25) is 0 Å². The van der Waals surface area contributed by atoms with Crippen LogP contribution in [-0.2, 0) is 11.2 Å². The molecule has 3 heterocycles. The zero-order valence-electron chi connectivity index (χ0n) is 10.2. The average Bonchev–Trinajstić information content (AvgIpc) is 3.10. The molecule has 0 N–H and O–H groups in total. The Morgan fingerprint density at radius 3 is 3.22 bits per heavy atom. The number of hydrogen-bond acceptors (Lipinski definition) is 6. The van der Waals surface area contributed by atoms with E-state index in [0.29, 0.717) is 6.61 Å². The van der Waals surface area contributed by atoms with Gasteiger partial charge in [-0.1, -0.05) is 6.92 Å². The van der Waals surface area contributed by atoms with Gasteiger partial charge in [-0.25, -0.2) is 4.98 Å². The third kappa shape index (κ3) is 2.26. The molecule has 2 aromatic rings. The van der Waals surface area contributed by atoms with Gasteiger partial charge in [-0.2, -0.15) is 4.37 Å². The van der Waals surface area contributed by atoms with Crippen LogP contribution in [0.25, 0.3) is 0 Å². The quantitative estimate of drug-likeness (QED) is 0.852. The van der Waals surface area contributed by atoms with Crippen molar-refractivity contribution in [2.45, 2.75) is 19.4 Å². The molecule has 1 fully saturated rings. The van der Waals surface area contributed by atoms with Crippen LogP contribution in [0.4, 0.5) is 5.13 Å². The van der Waals surface area contributed by atoms with Crippen molar-refractivity contribution in [1.82, 2.24) is 9.36 Å². The van der Waals surface area contributed by atoms with E-state index in [4.69, 9.17) is 9.15 Å². The van der Waals surface area contributed by atoms with E-state index in [1.165, 1.54) is 11.5 Å². The Labute approximate surface area is 110 Å². The van der Waals surface area contributed by atoms with Crippen molar-refractivity contribution >= 4 is 16.7 Å². The molecule has 3 rings (SSSR count). The van der Waals surface area contributed by atoms with Crippen LogP contribution in [0.3, 0.4) is 0 Å². The van der Waals surface area contributed by atoms with Crippen molar-refractivity contribution in [3.05, 3.63) is 30.0 Å². The minimum atomic E-state index is -0.0114. The van der Waals surface area contributed by atoms with E-state index < -0.39 is 0 Å². The molecule has 2 aromatic heterocycles. The largest absolute Gasteiger partial charge is 0.467 e. The van der Waals surface area contributed by atoms with E-state index in [9.17, 15) is 0 Å². The fraction of sp³-hybridized carbons (Fsp3) is 0.500. The maximum atomic E-state index is 5.73. The zero-order chi connectivity index (χ0) is 12.4. The Morgan fingerprint density at radius 1 is 1.56 bits per heavy atom. The summed E-state index contributed by atoms with van der Waals surface area (Å²) in [5.74, 6) is 1.79. The number of ether oxygens (including phenoxy) is 1. The fourth-order valence-corrected chi connectivity index (χ4v) is 2.77. The predicted molar refractivity (Wildman–Crippen MR) is 68.9 cm³/mol. The summed E-state index contributed by atoms with van der Waals surface area (Å²) in [6.07, 6.45) is 2.54. The van der Waals surface area contributed by atoms with Crippen LogP contribution < -0.4 is 4.90 Å². The van der Waals surface area contributed by atoms with Crippen LogP contribution in [0, 0.1) is 0 Å². The molecule has 0 radical (unpaired) electrons. The van der Waals surface area contributed by atoms with Crippen LogP contribution in [-0.4, -0.2) is 29.1 Å². The molecule has 0 aromatic carbocycles. The van der Waals surface area contributed by atoms with Crippen LogP contribution >= 0.6 is 11.5 Å². The number of nitrogens with zero attached hydrogens (tertiary/aromatic N) is 3. The van der Waals surface area contributed by atoms with Crippen molar-refractivity contribution in [1.29, 1.82) is 0 Å². The number of anilines is 1. The van der Waals surface area contributed by atoms with Gasteiger partial charge in [-0.3, -0.25) is 0 Å². The van der Waals surface area contributed by atoms with Crippen molar-refractivity contribution in [3.8, 4) is 0 Å². The van der Waals surface area contributed by atoms with Gasteiger partial charge in [0.05, 0.1) is 19.4 Å². The van der Waals surface area contributed by atoms with Gasteiger partial charge in [0.15, 0.2) is 0 Å². The molecule has 0 bridgehead atoms. The summed E-state index contributed by atoms with van der Waals surface area (Å²) < 4.78 is 15.4. The monoisotopic (exact) mass is 265 g/mol. The summed E-state index contributed by atoms with van der Waals surface area (Å²) in [6.45, 7) is 4.38. The zero-order valence-corrected chi connectivity index (χ0v) is 11.0. The molecule has 6 heteroatoms. The first-order valence-electron chi connectivity index (χ1n) is 6.09. The minimum absolute atomic E-state index is 0.0114. The number of hydrogen-bond donors (Lipinski definition) is 0. The Hall–Kier alpha value is -1.40. The number of aryl methyl sites for hydroxylation is 1. The molecule has 5 nitrogen and oxygen atoms in total. The van der Waals surface area contributed by atoms with E-state index in [2.05, 4.69) is 21.2 Å². The van der Waals surface area contributed by atoms with E-state index in [0.717, 1.165) is 36.2 Å². The summed E-state index contributed by atoms with van der Waals surface area (Å²) in [5, 5.41) is 0.978. The standard InChI is InChI=1S/C12H15N3O2S/c1-2-11-13-12(18-14-11)15-5-7-17-10(8-15)9-4-3-6-16-9/h3-4,6,10H,2,5,7-8H2,1H3. The Balaban J connectivity index is 1.74. The molecule has 96 valence electrons. The first-order valence-corrected chi connectivity index (χ1v) is 6.86. The highest BCUT2D eigenvalue weighted by Crippen LogP contribution is 2.27. The van der Waals surface area contributed by atoms with E-state index in [1.54, 1.807) is 6.26 Å². The smallest absolute Gasteiger partial charge is 0.205 e. The summed E-state index contributed by atoms with van der Waals surface area (Å²) in [5.41, 5.74) is 0. The summed E-state index contributed by atoms with van der Waals surface area (Å²) in [7, 11) is 0. The molecular weight excluding hydrogens is 250 g/mol. The highest BCUT2D eigenvalue weighted by Gasteiger charge is 2.25. The lowest BCUT2D eigenvalue weighted by molar-refractivity contribution is 0.0257. The van der Waals surface area contributed by atoms with Crippen molar-refractivity contribution < 1.29 is 9.15 Å². The van der Waals surface area contributed by atoms with E-state index in [1.807, 2.05) is 12.1 Å². The molecule has 1 saturated heterocycles. The molecule has 1 aliphatic rings. The normalized spacial score (nSPS) is 20.3. The SMILES string of the molecule is CCc1nsc(N2CCOC(c3ccco3)C2)n1. The van der Waals surface area contributed by atoms with E-state index in [-0.39, 0.29) is 6.10 Å². The van der Waals surface area contributed by atoms with E-state index >= 15 is 0 Å². The van der Waals surface area contributed by atoms with Gasteiger partial charge in [0.1, 0.15) is 17.7 Å². The van der Waals surface area contributed by atoms with Gasteiger partial charge in [-0.05, 0) is 12.1 Å². The Kier molecular flexibility index (Phi) is 3.29. The molecule has 0 spiro atoms. The van der Waals surface area contributed by atoms with Gasteiger partial charge in [-0.15, -0.1) is 0 Å². The first-order chi connectivity index (χ1) is 8.86.